The molecule has 3 heterocycles. The minimum Gasteiger partial charge on any atom is -0.463 e. The van der Waals surface area contributed by atoms with Gasteiger partial charge in [-0.05, 0) is 76.5 Å². The summed E-state index contributed by atoms with van der Waals surface area (Å²) >= 11 is 6.90. The van der Waals surface area contributed by atoms with Crippen LogP contribution in [0.1, 0.15) is 40.0 Å². The zero-order chi connectivity index (χ0) is 31.2. The Morgan fingerprint density at radius 3 is 2.45 bits per heavy atom. The molecule has 0 aliphatic carbocycles. The van der Waals surface area contributed by atoms with Gasteiger partial charge in [0.15, 0.2) is 5.82 Å². The van der Waals surface area contributed by atoms with E-state index >= 15 is 4.39 Å². The third-order valence-corrected chi connectivity index (χ3v) is 8.57. The second kappa shape index (κ2) is 12.0. The van der Waals surface area contributed by atoms with Crippen LogP contribution in [0.25, 0.3) is 32.8 Å². The second-order valence-electron chi connectivity index (χ2n) is 13.0. The van der Waals surface area contributed by atoms with Crippen LogP contribution < -0.4 is 9.64 Å². The highest BCUT2D eigenvalue weighted by Crippen LogP contribution is 2.42. The fourth-order valence-corrected chi connectivity index (χ4v) is 6.68. The predicted molar refractivity (Wildman–Crippen MR) is 173 cm³/mol. The molecule has 10 heteroatoms. The maximum atomic E-state index is 16.7. The smallest absolute Gasteiger partial charge is 0.410 e. The fourth-order valence-electron chi connectivity index (χ4n) is 6.39. The third-order valence-electron chi connectivity index (χ3n) is 8.27. The van der Waals surface area contributed by atoms with Gasteiger partial charge in [0.2, 0.25) is 0 Å². The quantitative estimate of drug-likeness (QED) is 0.203. The molecule has 0 spiro atoms. The Labute approximate surface area is 262 Å². The third kappa shape index (κ3) is 6.00. The van der Waals surface area contributed by atoms with Gasteiger partial charge in [-0.2, -0.15) is 9.97 Å². The van der Waals surface area contributed by atoms with Crippen LogP contribution in [0.15, 0.2) is 48.5 Å². The van der Waals surface area contributed by atoms with Crippen LogP contribution in [-0.4, -0.2) is 83.9 Å². The minimum atomic E-state index is -0.578. The molecule has 4 aromatic rings. The summed E-state index contributed by atoms with van der Waals surface area (Å²) in [7, 11) is 4.01. The average molecular weight is 620 g/mol. The fraction of sp³-hybridized carbons (Fsp3) is 0.441. The van der Waals surface area contributed by atoms with Gasteiger partial charge in [-0.1, -0.05) is 54.1 Å². The number of anilines is 1. The van der Waals surface area contributed by atoms with Crippen LogP contribution in [0.5, 0.6) is 6.01 Å². The molecule has 2 aliphatic heterocycles. The Hall–Kier alpha value is -3.69. The van der Waals surface area contributed by atoms with Crippen LogP contribution in [0.3, 0.4) is 0 Å². The van der Waals surface area contributed by atoms with Crippen LogP contribution >= 0.6 is 11.6 Å². The van der Waals surface area contributed by atoms with Gasteiger partial charge in [-0.15, -0.1) is 0 Å². The van der Waals surface area contributed by atoms with Crippen LogP contribution in [-0.2, 0) is 4.74 Å². The van der Waals surface area contributed by atoms with Gasteiger partial charge >= 0.3 is 12.1 Å². The normalized spacial score (nSPS) is 18.5. The number of nitrogens with zero attached hydrogens (tertiary/aromatic N) is 5. The molecule has 2 atom stereocenters. The van der Waals surface area contributed by atoms with Gasteiger partial charge in [0.25, 0.3) is 0 Å². The first-order valence-corrected chi connectivity index (χ1v) is 15.6. The van der Waals surface area contributed by atoms with Crippen LogP contribution in [0.2, 0.25) is 5.02 Å². The summed E-state index contributed by atoms with van der Waals surface area (Å²) in [6.07, 6.45) is 2.19. The molecule has 0 N–H and O–H groups in total. The molecule has 0 saturated carbocycles. The lowest BCUT2D eigenvalue weighted by Gasteiger charge is -2.42. The molecule has 3 aromatic carbocycles. The van der Waals surface area contributed by atoms with E-state index in [1.165, 1.54) is 0 Å². The molecule has 2 saturated heterocycles. The highest BCUT2D eigenvalue weighted by Gasteiger charge is 2.45. The van der Waals surface area contributed by atoms with Crippen molar-refractivity contribution in [1.29, 1.82) is 0 Å². The van der Waals surface area contributed by atoms with E-state index in [0.717, 1.165) is 36.6 Å². The highest BCUT2D eigenvalue weighted by molar-refractivity contribution is 6.35. The van der Waals surface area contributed by atoms with Crippen molar-refractivity contribution in [2.45, 2.75) is 57.7 Å². The van der Waals surface area contributed by atoms with Crippen LogP contribution in [0, 0.1) is 5.82 Å². The molecular weight excluding hydrogens is 581 g/mol. The van der Waals surface area contributed by atoms with Crippen molar-refractivity contribution in [2.24, 2.45) is 0 Å². The zero-order valence-electron chi connectivity index (χ0n) is 25.9. The molecule has 2 bridgehead atoms. The number of halogens is 2. The lowest BCUT2D eigenvalue weighted by atomic mass is 9.96. The standard InChI is InChI=1S/C34H39ClFN5O3/c1-34(2,3)44-33(42)41-22-14-15-23(41)20-40(19-22)31-26-18-27(35)28(25-13-8-11-21-10-6-7-12-24(21)25)29(36)30(26)37-32(38-31)43-17-9-16-39(4)5/h6-8,10-13,18,22-23H,9,14-17,19-20H2,1-5H3. The summed E-state index contributed by atoms with van der Waals surface area (Å²) in [6.45, 7) is 7.93. The number of hydrogen-bond acceptors (Lipinski definition) is 7. The highest BCUT2D eigenvalue weighted by atomic mass is 35.5. The Balaban J connectivity index is 1.42. The maximum absolute atomic E-state index is 16.7. The maximum Gasteiger partial charge on any atom is 0.410 e. The topological polar surface area (TPSA) is 71.0 Å². The Morgan fingerprint density at radius 1 is 1.05 bits per heavy atom. The Kier molecular flexibility index (Phi) is 8.28. The summed E-state index contributed by atoms with van der Waals surface area (Å²) in [5.41, 5.74) is 0.580. The van der Waals surface area contributed by atoms with Crippen molar-refractivity contribution in [1.82, 2.24) is 19.8 Å². The van der Waals surface area contributed by atoms with Gasteiger partial charge in [-0.3, -0.25) is 4.90 Å². The molecule has 6 rings (SSSR count). The first-order valence-electron chi connectivity index (χ1n) is 15.2. The van der Waals surface area contributed by atoms with Crippen molar-refractivity contribution >= 4 is 45.2 Å². The van der Waals surface area contributed by atoms with Crippen molar-refractivity contribution in [3.05, 3.63) is 59.4 Å². The lowest BCUT2D eigenvalue weighted by molar-refractivity contribution is 0.0123. The number of hydrogen-bond donors (Lipinski definition) is 0. The van der Waals surface area contributed by atoms with Crippen molar-refractivity contribution in [3.63, 3.8) is 0 Å². The molecule has 44 heavy (non-hydrogen) atoms. The first kappa shape index (κ1) is 30.3. The number of aromatic nitrogens is 2. The number of benzene rings is 3. The van der Waals surface area contributed by atoms with Gasteiger partial charge in [0.05, 0.1) is 23.7 Å². The molecular formula is C34H39ClFN5O3. The first-order chi connectivity index (χ1) is 21.0. The Bertz CT molecular complexity index is 1690. The minimum absolute atomic E-state index is 0.0478. The molecule has 2 fully saturated rings. The van der Waals surface area contributed by atoms with E-state index in [-0.39, 0.29) is 34.7 Å². The van der Waals surface area contributed by atoms with E-state index in [9.17, 15) is 4.79 Å². The summed E-state index contributed by atoms with van der Waals surface area (Å²) < 4.78 is 28.5. The molecule has 1 aromatic heterocycles. The van der Waals surface area contributed by atoms with Gasteiger partial charge < -0.3 is 19.3 Å². The lowest BCUT2D eigenvalue weighted by Crippen LogP contribution is -2.57. The summed E-state index contributed by atoms with van der Waals surface area (Å²) in [5, 5.41) is 2.69. The summed E-state index contributed by atoms with van der Waals surface area (Å²) in [5.74, 6) is 0.0459. The van der Waals surface area contributed by atoms with Crippen molar-refractivity contribution < 1.29 is 18.7 Å². The predicted octanol–water partition coefficient (Wildman–Crippen LogP) is 7.16. The van der Waals surface area contributed by atoms with E-state index in [1.54, 1.807) is 6.07 Å². The van der Waals surface area contributed by atoms with E-state index < -0.39 is 11.4 Å². The van der Waals surface area contributed by atoms with E-state index in [2.05, 4.69) is 14.8 Å². The van der Waals surface area contributed by atoms with Crippen molar-refractivity contribution in [3.8, 4) is 17.1 Å². The molecule has 232 valence electrons. The monoisotopic (exact) mass is 619 g/mol. The van der Waals surface area contributed by atoms with Gasteiger partial charge in [-0.25, -0.2) is 9.18 Å². The van der Waals surface area contributed by atoms with E-state index in [4.69, 9.17) is 26.1 Å². The molecule has 2 aliphatic rings. The molecule has 8 nitrogen and oxygen atoms in total. The number of ether oxygens (including phenoxy) is 2. The SMILES string of the molecule is CN(C)CCCOc1nc(N2CC3CCC(C2)N3C(=O)OC(C)(C)C)c2cc(Cl)c(-c3cccc4ccccc34)c(F)c2n1. The second-order valence-corrected chi connectivity index (χ2v) is 13.4. The van der Waals surface area contributed by atoms with Crippen LogP contribution in [0.4, 0.5) is 15.0 Å². The van der Waals surface area contributed by atoms with E-state index in [0.29, 0.717) is 42.0 Å². The van der Waals surface area contributed by atoms with Crippen molar-refractivity contribution in [2.75, 3.05) is 45.2 Å². The zero-order valence-corrected chi connectivity index (χ0v) is 26.7. The number of fused-ring (bicyclic) bond motifs is 4. The van der Waals surface area contributed by atoms with Gasteiger partial charge in [0.1, 0.15) is 16.9 Å². The molecule has 0 radical (unpaired) electrons. The van der Waals surface area contributed by atoms with Gasteiger partial charge in [0, 0.05) is 30.6 Å². The number of carbonyl (C=O) groups is 1. The largest absolute Gasteiger partial charge is 0.463 e. The summed E-state index contributed by atoms with van der Waals surface area (Å²) in [4.78, 5) is 28.6. The molecule has 1 amide bonds. The molecule has 2 unspecified atom stereocenters. The number of carbonyl (C=O) groups excluding carboxylic acids is 1. The van der Waals surface area contributed by atoms with E-state index in [1.807, 2.05) is 82.2 Å². The number of piperazine rings is 1. The average Bonchev–Trinajstić information content (AvgIpc) is 3.24. The number of rotatable bonds is 7. The summed E-state index contributed by atoms with van der Waals surface area (Å²) in [6, 6.07) is 15.4. The number of amides is 1. The Morgan fingerprint density at radius 2 is 1.75 bits per heavy atom.